The number of esters is 2. The van der Waals surface area contributed by atoms with Gasteiger partial charge in [-0.2, -0.15) is 0 Å². The van der Waals surface area contributed by atoms with Crippen LogP contribution in [0.15, 0.2) is 146 Å². The lowest BCUT2D eigenvalue weighted by Gasteiger charge is -2.26. The first kappa shape index (κ1) is 82.2. The van der Waals surface area contributed by atoms with Crippen LogP contribution < -0.4 is 5.11 Å². The second-order valence-electron chi connectivity index (χ2n) is 24.1. The third-order valence-electron chi connectivity index (χ3n) is 14.6. The summed E-state index contributed by atoms with van der Waals surface area (Å²) in [5.41, 5.74) is 0. The molecule has 0 aromatic heterocycles. The molecule has 0 N–H and O–H groups in total. The Morgan fingerprint density at radius 2 is 0.655 bits per heavy atom. The Morgan fingerprint density at radius 1 is 0.356 bits per heavy atom. The van der Waals surface area contributed by atoms with Gasteiger partial charge >= 0.3 is 11.9 Å². The predicted molar refractivity (Wildman–Crippen MR) is 370 cm³/mol. The summed E-state index contributed by atoms with van der Waals surface area (Å²) >= 11 is 0. The summed E-state index contributed by atoms with van der Waals surface area (Å²) in [6.45, 7) is 4.60. The molecule has 494 valence electrons. The van der Waals surface area contributed by atoms with Crippen LogP contribution in [0.5, 0.6) is 0 Å². The molecule has 0 aromatic carbocycles. The molecule has 0 bridgehead atoms. The first-order valence-corrected chi connectivity index (χ1v) is 35.0. The van der Waals surface area contributed by atoms with E-state index < -0.39 is 24.3 Å². The molecule has 0 saturated carbocycles. The smallest absolute Gasteiger partial charge is 0.306 e. The molecule has 0 spiro atoms. The minimum absolute atomic E-state index is 0.136. The van der Waals surface area contributed by atoms with Gasteiger partial charge in [0.05, 0.1) is 40.3 Å². The average Bonchev–Trinajstić information content (AvgIpc) is 3.59. The van der Waals surface area contributed by atoms with Crippen molar-refractivity contribution in [2.75, 3.05) is 47.5 Å². The second-order valence-corrected chi connectivity index (χ2v) is 24.1. The molecule has 87 heavy (non-hydrogen) atoms. The first-order valence-electron chi connectivity index (χ1n) is 35.0. The highest BCUT2D eigenvalue weighted by Gasteiger charge is 2.22. The van der Waals surface area contributed by atoms with Gasteiger partial charge < -0.3 is 33.3 Å². The molecule has 0 fully saturated rings. The third kappa shape index (κ3) is 68.5. The fraction of sp³-hybridized carbons (Fsp3) is 0.654. The largest absolute Gasteiger partial charge is 0.545 e. The van der Waals surface area contributed by atoms with Gasteiger partial charge in [0, 0.05) is 12.8 Å². The van der Waals surface area contributed by atoms with Crippen molar-refractivity contribution in [2.24, 2.45) is 0 Å². The van der Waals surface area contributed by atoms with E-state index in [0.717, 1.165) is 122 Å². The lowest BCUT2D eigenvalue weighted by atomic mass is 10.0. The zero-order valence-electron chi connectivity index (χ0n) is 56.3. The molecular weight excluding hydrogens is 1080 g/mol. The van der Waals surface area contributed by atoms with Gasteiger partial charge in [-0.05, 0) is 122 Å². The first-order chi connectivity index (χ1) is 42.6. The molecule has 0 radical (unpaired) electrons. The van der Waals surface area contributed by atoms with E-state index in [1.807, 2.05) is 21.1 Å². The number of nitrogens with zero attached hydrogens (tertiary/aromatic N) is 1. The molecule has 0 amide bonds. The van der Waals surface area contributed by atoms with E-state index in [0.29, 0.717) is 17.4 Å². The van der Waals surface area contributed by atoms with Crippen LogP contribution in [0.4, 0.5) is 0 Å². The number of carboxylic acids is 1. The topological polar surface area (TPSA) is 111 Å². The Bertz CT molecular complexity index is 1940. The predicted octanol–water partition coefficient (Wildman–Crippen LogP) is 20.6. The molecule has 0 heterocycles. The van der Waals surface area contributed by atoms with Gasteiger partial charge in [-0.25, -0.2) is 0 Å². The Labute approximate surface area is 534 Å². The van der Waals surface area contributed by atoms with Crippen molar-refractivity contribution in [3.8, 4) is 0 Å². The Kier molecular flexibility index (Phi) is 63.4. The summed E-state index contributed by atoms with van der Waals surface area (Å²) in [5, 5.41) is 11.8. The van der Waals surface area contributed by atoms with Crippen LogP contribution in [0.3, 0.4) is 0 Å². The SMILES string of the molecule is CC/C=C\C/C=C\C/C=C\C/C=C\C/C=C\C/C=C\C/C=C\C/C=C\C/C=C\CCCCCCCC(=O)OC(COC(=O)CCCCCCCCCCCCCCCC/C=C\C/C=C\C/C=C\CCCCCCC)COC(OCC[N+](C)(C)C)C(=O)[O-]. The summed E-state index contributed by atoms with van der Waals surface area (Å²) < 4.78 is 22.8. The van der Waals surface area contributed by atoms with E-state index in [4.69, 9.17) is 18.9 Å². The third-order valence-corrected chi connectivity index (χ3v) is 14.6. The summed E-state index contributed by atoms with van der Waals surface area (Å²) in [7, 11) is 5.91. The van der Waals surface area contributed by atoms with E-state index >= 15 is 0 Å². The molecular formula is C78H129NO8. The number of carbonyl (C=O) groups excluding carboxylic acids is 3. The molecule has 0 aliphatic heterocycles. The van der Waals surface area contributed by atoms with Crippen molar-refractivity contribution in [3.05, 3.63) is 146 Å². The number of carboxylic acid groups (broad SMARTS) is 1. The van der Waals surface area contributed by atoms with Crippen molar-refractivity contribution in [1.82, 2.24) is 0 Å². The van der Waals surface area contributed by atoms with Gasteiger partial charge in [0.25, 0.3) is 0 Å². The van der Waals surface area contributed by atoms with E-state index in [9.17, 15) is 19.5 Å². The number of hydrogen-bond donors (Lipinski definition) is 0. The summed E-state index contributed by atoms with van der Waals surface area (Å²) in [5.74, 6) is -2.32. The number of likely N-dealkylation sites (N-methyl/N-ethyl adjacent to an activating group) is 1. The normalized spacial score (nSPS) is 13.6. The van der Waals surface area contributed by atoms with Crippen molar-refractivity contribution >= 4 is 17.9 Å². The van der Waals surface area contributed by atoms with Crippen molar-refractivity contribution in [2.45, 2.75) is 283 Å². The number of unbranched alkanes of at least 4 members (excludes halogenated alkanes) is 24. The van der Waals surface area contributed by atoms with Crippen molar-refractivity contribution < 1.29 is 42.9 Å². The second kappa shape index (κ2) is 67.1. The Morgan fingerprint density at radius 3 is 0.977 bits per heavy atom. The van der Waals surface area contributed by atoms with Crippen LogP contribution in [-0.2, 0) is 33.3 Å². The minimum atomic E-state index is -1.64. The van der Waals surface area contributed by atoms with Crippen molar-refractivity contribution in [3.63, 3.8) is 0 Å². The van der Waals surface area contributed by atoms with Gasteiger partial charge in [-0.3, -0.25) is 9.59 Å². The van der Waals surface area contributed by atoms with E-state index in [2.05, 4.69) is 160 Å². The molecule has 9 nitrogen and oxygen atoms in total. The van der Waals surface area contributed by atoms with Crippen molar-refractivity contribution in [1.29, 1.82) is 0 Å². The maximum absolute atomic E-state index is 12.9. The monoisotopic (exact) mass is 1210 g/mol. The number of rotatable bonds is 63. The van der Waals surface area contributed by atoms with Gasteiger partial charge in [-0.15, -0.1) is 0 Å². The molecule has 2 unspecified atom stereocenters. The summed E-state index contributed by atoms with van der Waals surface area (Å²) in [4.78, 5) is 37.5. The maximum atomic E-state index is 12.9. The Hall–Kier alpha value is -4.83. The van der Waals surface area contributed by atoms with Gasteiger partial charge in [0.2, 0.25) is 0 Å². The molecule has 9 heteroatoms. The quantitative estimate of drug-likeness (QED) is 0.0195. The van der Waals surface area contributed by atoms with Gasteiger partial charge in [0.1, 0.15) is 13.2 Å². The van der Waals surface area contributed by atoms with E-state index in [1.165, 1.54) is 116 Å². The lowest BCUT2D eigenvalue weighted by molar-refractivity contribution is -0.870. The van der Waals surface area contributed by atoms with Crippen LogP contribution in [0.2, 0.25) is 0 Å². The highest BCUT2D eigenvalue weighted by Crippen LogP contribution is 2.16. The molecule has 0 aliphatic carbocycles. The van der Waals surface area contributed by atoms with Crippen LogP contribution in [0.25, 0.3) is 0 Å². The zero-order valence-corrected chi connectivity index (χ0v) is 56.3. The van der Waals surface area contributed by atoms with Crippen LogP contribution in [-0.4, -0.2) is 82.3 Å². The zero-order chi connectivity index (χ0) is 63.3. The number of carbonyl (C=O) groups is 3. The standard InChI is InChI=1S/C78H129NO8/c1-6-8-10-12-14-16-18-20-22-24-26-28-30-32-34-36-37-38-39-41-43-45-47-49-51-53-55-57-59-61-63-65-67-69-76(81)87-74(73-86-78(77(82)83)84-71-70-79(3,4)5)72-85-75(80)68-66-64-62-60-58-56-54-52-50-48-46-44-42-40-35-33-31-29-27-25-23-21-19-17-15-13-11-9-7-2/h8,10,14,16,19-22,25-28,31-34,37-38,41,43,47,49,53,55,74,78H,6-7,9,11-13,15,17-18,23-24,29-30,35-36,39-40,42,44-46,48,50-52,54,56-73H2,1-5H3/b10-8-,16-14-,21-19-,22-20-,27-25-,28-26-,33-31-,34-32-,38-37-,43-41-,49-47-,55-53-. The molecule has 0 aliphatic rings. The molecule has 0 saturated heterocycles. The van der Waals surface area contributed by atoms with Crippen LogP contribution in [0.1, 0.15) is 271 Å². The fourth-order valence-electron chi connectivity index (χ4n) is 9.24. The van der Waals surface area contributed by atoms with Crippen LogP contribution >= 0.6 is 0 Å². The van der Waals surface area contributed by atoms with E-state index in [1.54, 1.807) is 0 Å². The molecule has 0 rings (SSSR count). The number of quaternary nitrogens is 1. The fourth-order valence-corrected chi connectivity index (χ4v) is 9.24. The minimum Gasteiger partial charge on any atom is -0.545 e. The Balaban J connectivity index is 4.23. The lowest BCUT2D eigenvalue weighted by Crippen LogP contribution is -2.44. The summed E-state index contributed by atoms with van der Waals surface area (Å²) in [6, 6.07) is 0. The highest BCUT2D eigenvalue weighted by atomic mass is 16.7. The average molecular weight is 1210 g/mol. The molecule has 0 aromatic rings. The number of hydrogen-bond acceptors (Lipinski definition) is 8. The molecule has 2 atom stereocenters. The maximum Gasteiger partial charge on any atom is 0.306 e. The van der Waals surface area contributed by atoms with E-state index in [-0.39, 0.29) is 38.6 Å². The summed E-state index contributed by atoms with van der Waals surface area (Å²) in [6.07, 6.45) is 94.9. The number of ether oxygens (including phenoxy) is 4. The highest BCUT2D eigenvalue weighted by molar-refractivity contribution is 5.70. The number of allylic oxidation sites excluding steroid dienone is 24. The van der Waals surface area contributed by atoms with Crippen LogP contribution in [0, 0.1) is 0 Å². The number of aliphatic carboxylic acids is 1. The van der Waals surface area contributed by atoms with Gasteiger partial charge in [-0.1, -0.05) is 282 Å². The van der Waals surface area contributed by atoms with Gasteiger partial charge in [0.15, 0.2) is 12.4 Å².